The molecule has 0 aliphatic heterocycles. The highest BCUT2D eigenvalue weighted by atomic mass is 16.6. The molecule has 0 spiro atoms. The minimum Gasteiger partial charge on any atom is -0.481 e. The summed E-state index contributed by atoms with van der Waals surface area (Å²) in [7, 11) is 1.40. The van der Waals surface area contributed by atoms with E-state index in [4.69, 9.17) is 5.11 Å². The minimum absolute atomic E-state index is 0.00214. The van der Waals surface area contributed by atoms with E-state index in [9.17, 15) is 24.5 Å². The van der Waals surface area contributed by atoms with Crippen LogP contribution in [0, 0.1) is 10.1 Å². The van der Waals surface area contributed by atoms with Crippen LogP contribution in [0.2, 0.25) is 0 Å². The van der Waals surface area contributed by atoms with E-state index in [2.05, 4.69) is 0 Å². The molecule has 108 valence electrons. The number of aliphatic carboxylic acids is 1. The Labute approximate surface area is 113 Å². The van der Waals surface area contributed by atoms with Gasteiger partial charge in [0.1, 0.15) is 6.54 Å². The summed E-state index contributed by atoms with van der Waals surface area (Å²) in [5, 5.41) is 19.1. The van der Waals surface area contributed by atoms with Crippen molar-refractivity contribution in [2.24, 2.45) is 0 Å². The molecule has 0 radical (unpaired) electrons. The summed E-state index contributed by atoms with van der Waals surface area (Å²) in [4.78, 5) is 44.7. The molecule has 9 nitrogen and oxygen atoms in total. The number of nitro groups is 1. The van der Waals surface area contributed by atoms with E-state index < -0.39 is 22.4 Å². The van der Waals surface area contributed by atoms with Crippen LogP contribution in [0.4, 0.5) is 5.69 Å². The van der Waals surface area contributed by atoms with Crippen molar-refractivity contribution in [1.82, 2.24) is 9.47 Å². The number of nitrogens with zero attached hydrogens (tertiary/aromatic N) is 3. The number of carbonyl (C=O) groups excluding carboxylic acids is 1. The van der Waals surface area contributed by atoms with E-state index in [1.54, 1.807) is 0 Å². The third-order valence-corrected chi connectivity index (χ3v) is 2.57. The average Bonchev–Trinajstić information content (AvgIpc) is 2.37. The molecule has 0 fully saturated rings. The first-order chi connectivity index (χ1) is 9.31. The zero-order chi connectivity index (χ0) is 15.3. The topological polar surface area (TPSA) is 123 Å². The SMILES string of the molecule is CN(CCC(=O)O)C(=O)Cn1cc([N+](=O)[O-])ccc1=O. The molecule has 1 rings (SSSR count). The summed E-state index contributed by atoms with van der Waals surface area (Å²) in [5.41, 5.74) is -0.846. The van der Waals surface area contributed by atoms with E-state index in [1.165, 1.54) is 7.05 Å². The van der Waals surface area contributed by atoms with Gasteiger partial charge in [0.05, 0.1) is 17.5 Å². The van der Waals surface area contributed by atoms with Crippen molar-refractivity contribution in [3.63, 3.8) is 0 Å². The quantitative estimate of drug-likeness (QED) is 0.564. The van der Waals surface area contributed by atoms with Crippen LogP contribution in [0.25, 0.3) is 0 Å². The van der Waals surface area contributed by atoms with Crippen molar-refractivity contribution in [3.8, 4) is 0 Å². The molecular formula is C11H13N3O6. The monoisotopic (exact) mass is 283 g/mol. The van der Waals surface area contributed by atoms with Crippen LogP contribution in [0.1, 0.15) is 6.42 Å². The molecule has 1 heterocycles. The highest BCUT2D eigenvalue weighted by Crippen LogP contribution is 2.06. The smallest absolute Gasteiger partial charge is 0.305 e. The molecule has 9 heteroatoms. The third kappa shape index (κ3) is 4.19. The average molecular weight is 283 g/mol. The largest absolute Gasteiger partial charge is 0.481 e. The summed E-state index contributed by atoms with van der Waals surface area (Å²) in [6.07, 6.45) is 0.761. The number of rotatable bonds is 6. The Balaban J connectivity index is 2.79. The lowest BCUT2D eigenvalue weighted by molar-refractivity contribution is -0.385. The van der Waals surface area contributed by atoms with Gasteiger partial charge in [-0.1, -0.05) is 0 Å². The third-order valence-electron chi connectivity index (χ3n) is 2.57. The number of carboxylic acids is 1. The number of carbonyl (C=O) groups is 2. The second-order valence-corrected chi connectivity index (χ2v) is 4.07. The molecule has 0 unspecified atom stereocenters. The van der Waals surface area contributed by atoms with Crippen LogP contribution in [0.15, 0.2) is 23.1 Å². The van der Waals surface area contributed by atoms with E-state index in [1.807, 2.05) is 0 Å². The summed E-state index contributed by atoms with van der Waals surface area (Å²) in [5.74, 6) is -1.55. The summed E-state index contributed by atoms with van der Waals surface area (Å²) < 4.78 is 0.914. The first-order valence-corrected chi connectivity index (χ1v) is 5.62. The maximum Gasteiger partial charge on any atom is 0.305 e. The van der Waals surface area contributed by atoms with E-state index in [-0.39, 0.29) is 25.2 Å². The molecule has 1 aromatic rings. The normalized spacial score (nSPS) is 10.1. The van der Waals surface area contributed by atoms with Crippen LogP contribution >= 0.6 is 0 Å². The maximum absolute atomic E-state index is 11.8. The highest BCUT2D eigenvalue weighted by molar-refractivity contribution is 5.76. The summed E-state index contributed by atoms with van der Waals surface area (Å²) in [6.45, 7) is -0.380. The van der Waals surface area contributed by atoms with Crippen molar-refractivity contribution in [1.29, 1.82) is 0 Å². The van der Waals surface area contributed by atoms with Gasteiger partial charge in [-0.25, -0.2) is 0 Å². The molecule has 1 amide bonds. The molecule has 0 aliphatic rings. The maximum atomic E-state index is 11.8. The fourth-order valence-corrected chi connectivity index (χ4v) is 1.40. The Morgan fingerprint density at radius 2 is 2.10 bits per heavy atom. The second-order valence-electron chi connectivity index (χ2n) is 4.07. The van der Waals surface area contributed by atoms with Gasteiger partial charge in [-0.15, -0.1) is 0 Å². The van der Waals surface area contributed by atoms with Crippen LogP contribution < -0.4 is 5.56 Å². The molecule has 0 saturated heterocycles. The molecule has 20 heavy (non-hydrogen) atoms. The van der Waals surface area contributed by atoms with Crippen LogP contribution in [0.5, 0.6) is 0 Å². The van der Waals surface area contributed by atoms with Crippen molar-refractivity contribution < 1.29 is 19.6 Å². The van der Waals surface area contributed by atoms with Gasteiger partial charge < -0.3 is 10.0 Å². The van der Waals surface area contributed by atoms with Crippen molar-refractivity contribution >= 4 is 17.6 Å². The lowest BCUT2D eigenvalue weighted by atomic mass is 10.3. The predicted octanol–water partition coefficient (Wildman–Crippen LogP) is -0.310. The van der Waals surface area contributed by atoms with Gasteiger partial charge in [0, 0.05) is 25.7 Å². The summed E-state index contributed by atoms with van der Waals surface area (Å²) in [6, 6.07) is 2.06. The van der Waals surface area contributed by atoms with E-state index in [0.717, 1.165) is 27.8 Å². The van der Waals surface area contributed by atoms with Gasteiger partial charge >= 0.3 is 5.97 Å². The van der Waals surface area contributed by atoms with Gasteiger partial charge in [-0.2, -0.15) is 0 Å². The fourth-order valence-electron chi connectivity index (χ4n) is 1.40. The molecule has 0 aromatic carbocycles. The fraction of sp³-hybridized carbons (Fsp3) is 0.364. The van der Waals surface area contributed by atoms with Crippen LogP contribution in [-0.2, 0) is 16.1 Å². The summed E-state index contributed by atoms with van der Waals surface area (Å²) >= 11 is 0. The first-order valence-electron chi connectivity index (χ1n) is 5.62. The number of aromatic nitrogens is 1. The van der Waals surface area contributed by atoms with Gasteiger partial charge in [0.15, 0.2) is 0 Å². The Hall–Kier alpha value is -2.71. The predicted molar refractivity (Wildman–Crippen MR) is 67.2 cm³/mol. The van der Waals surface area contributed by atoms with Crippen molar-refractivity contribution in [3.05, 3.63) is 38.8 Å². The molecule has 0 bridgehead atoms. The van der Waals surface area contributed by atoms with Crippen LogP contribution in [0.3, 0.4) is 0 Å². The second kappa shape index (κ2) is 6.45. The Bertz CT molecular complexity index is 594. The van der Waals surface area contributed by atoms with E-state index in [0.29, 0.717) is 0 Å². The number of hydrogen-bond acceptors (Lipinski definition) is 5. The van der Waals surface area contributed by atoms with Gasteiger partial charge in [0.25, 0.3) is 11.2 Å². The van der Waals surface area contributed by atoms with Gasteiger partial charge in [-0.05, 0) is 0 Å². The van der Waals surface area contributed by atoms with Gasteiger partial charge in [-0.3, -0.25) is 29.1 Å². The van der Waals surface area contributed by atoms with E-state index >= 15 is 0 Å². The number of hydrogen-bond donors (Lipinski definition) is 1. The van der Waals surface area contributed by atoms with Crippen molar-refractivity contribution in [2.45, 2.75) is 13.0 Å². The number of likely N-dealkylation sites (N-methyl/N-ethyl adjacent to an activating group) is 1. The lowest BCUT2D eigenvalue weighted by Gasteiger charge is -2.16. The zero-order valence-electron chi connectivity index (χ0n) is 10.7. The molecular weight excluding hydrogens is 270 g/mol. The Kier molecular flexibility index (Phi) is 4.95. The number of amides is 1. The number of pyridine rings is 1. The Morgan fingerprint density at radius 3 is 2.65 bits per heavy atom. The zero-order valence-corrected chi connectivity index (χ0v) is 10.7. The Morgan fingerprint density at radius 1 is 1.45 bits per heavy atom. The number of carboxylic acid groups (broad SMARTS) is 1. The lowest BCUT2D eigenvalue weighted by Crippen LogP contribution is -2.34. The van der Waals surface area contributed by atoms with Crippen LogP contribution in [-0.4, -0.2) is 45.0 Å². The molecule has 0 atom stereocenters. The molecule has 0 saturated carbocycles. The minimum atomic E-state index is -1.04. The van der Waals surface area contributed by atoms with Gasteiger partial charge in [0.2, 0.25) is 5.91 Å². The molecule has 1 N–H and O–H groups in total. The first kappa shape index (κ1) is 15.3. The molecule has 0 aliphatic carbocycles. The standard InChI is InChI=1S/C11H13N3O6/c1-12(5-4-11(17)18)10(16)7-13-6-8(14(19)20)2-3-9(13)15/h2-3,6H,4-5,7H2,1H3,(H,17,18). The molecule has 1 aromatic heterocycles. The van der Waals surface area contributed by atoms with Crippen molar-refractivity contribution in [2.75, 3.05) is 13.6 Å². The highest BCUT2D eigenvalue weighted by Gasteiger charge is 2.14.